The minimum Gasteiger partial charge on any atom is -0.492 e. The van der Waals surface area contributed by atoms with E-state index in [2.05, 4.69) is 31.2 Å². The lowest BCUT2D eigenvalue weighted by Gasteiger charge is -2.09. The summed E-state index contributed by atoms with van der Waals surface area (Å²) in [7, 11) is 0. The van der Waals surface area contributed by atoms with Crippen LogP contribution < -0.4 is 10.5 Å². The molecule has 0 saturated heterocycles. The molecule has 0 aliphatic rings. The molecule has 2 aromatic rings. The van der Waals surface area contributed by atoms with Crippen molar-refractivity contribution in [2.24, 2.45) is 5.73 Å². The zero-order valence-electron chi connectivity index (χ0n) is 10.0. The van der Waals surface area contributed by atoms with Crippen LogP contribution in [0.1, 0.15) is 5.56 Å². The molecule has 2 nitrogen and oxygen atoms in total. The molecule has 0 aliphatic carbocycles. The van der Waals surface area contributed by atoms with Crippen LogP contribution in [0.3, 0.4) is 0 Å². The van der Waals surface area contributed by atoms with Gasteiger partial charge in [0, 0.05) is 6.54 Å². The van der Waals surface area contributed by atoms with E-state index in [0.717, 1.165) is 5.75 Å². The first-order valence-corrected chi connectivity index (χ1v) is 5.80. The van der Waals surface area contributed by atoms with Gasteiger partial charge in [-0.15, -0.1) is 0 Å². The maximum Gasteiger partial charge on any atom is 0.119 e. The summed E-state index contributed by atoms with van der Waals surface area (Å²) < 4.78 is 5.50. The summed E-state index contributed by atoms with van der Waals surface area (Å²) in [5.74, 6) is 0.882. The van der Waals surface area contributed by atoms with Crippen LogP contribution in [0, 0.1) is 6.92 Å². The molecule has 0 aliphatic heterocycles. The Morgan fingerprint density at radius 1 is 1.06 bits per heavy atom. The van der Waals surface area contributed by atoms with E-state index in [0.29, 0.717) is 13.2 Å². The van der Waals surface area contributed by atoms with Crippen molar-refractivity contribution >= 4 is 0 Å². The average molecular weight is 227 g/mol. The van der Waals surface area contributed by atoms with Gasteiger partial charge in [0.25, 0.3) is 0 Å². The standard InChI is InChI=1S/C15H17NO/c1-12-11-14(17-10-9-16)7-8-15(12)13-5-3-2-4-6-13/h2-8,11H,9-10,16H2,1H3. The van der Waals surface area contributed by atoms with E-state index in [-0.39, 0.29) is 0 Å². The smallest absolute Gasteiger partial charge is 0.119 e. The average Bonchev–Trinajstić information content (AvgIpc) is 2.37. The molecule has 0 radical (unpaired) electrons. The van der Waals surface area contributed by atoms with Crippen molar-refractivity contribution in [3.05, 3.63) is 54.1 Å². The highest BCUT2D eigenvalue weighted by Gasteiger charge is 2.02. The Hall–Kier alpha value is -1.80. The largest absolute Gasteiger partial charge is 0.492 e. The van der Waals surface area contributed by atoms with Gasteiger partial charge >= 0.3 is 0 Å². The first-order chi connectivity index (χ1) is 8.31. The van der Waals surface area contributed by atoms with Crippen LogP contribution in [0.2, 0.25) is 0 Å². The highest BCUT2D eigenvalue weighted by atomic mass is 16.5. The van der Waals surface area contributed by atoms with E-state index in [1.165, 1.54) is 16.7 Å². The second-order valence-electron chi connectivity index (χ2n) is 3.98. The topological polar surface area (TPSA) is 35.2 Å². The van der Waals surface area contributed by atoms with Gasteiger partial charge in [0.2, 0.25) is 0 Å². The number of nitrogens with two attached hydrogens (primary N) is 1. The van der Waals surface area contributed by atoms with Crippen molar-refractivity contribution in [2.75, 3.05) is 13.2 Å². The van der Waals surface area contributed by atoms with Crippen LogP contribution in [0.15, 0.2) is 48.5 Å². The molecule has 0 fully saturated rings. The maximum atomic E-state index is 5.50. The third-order valence-corrected chi connectivity index (χ3v) is 2.67. The molecule has 17 heavy (non-hydrogen) atoms. The quantitative estimate of drug-likeness (QED) is 0.871. The van der Waals surface area contributed by atoms with Gasteiger partial charge in [0.15, 0.2) is 0 Å². The minimum absolute atomic E-state index is 0.541. The highest BCUT2D eigenvalue weighted by Crippen LogP contribution is 2.26. The molecular formula is C15H17NO. The molecule has 2 N–H and O–H groups in total. The molecular weight excluding hydrogens is 210 g/mol. The number of aryl methyl sites for hydroxylation is 1. The van der Waals surface area contributed by atoms with Gasteiger partial charge in [-0.3, -0.25) is 0 Å². The van der Waals surface area contributed by atoms with Crippen molar-refractivity contribution in [3.8, 4) is 16.9 Å². The molecule has 0 heterocycles. The van der Waals surface area contributed by atoms with Crippen LogP contribution in [-0.2, 0) is 0 Å². The number of hydrogen-bond donors (Lipinski definition) is 1. The Morgan fingerprint density at radius 3 is 2.47 bits per heavy atom. The molecule has 0 atom stereocenters. The van der Waals surface area contributed by atoms with Gasteiger partial charge in [-0.05, 0) is 35.7 Å². The second kappa shape index (κ2) is 5.51. The molecule has 0 saturated carbocycles. The van der Waals surface area contributed by atoms with Crippen LogP contribution in [0.4, 0.5) is 0 Å². The van der Waals surface area contributed by atoms with Gasteiger partial charge in [-0.2, -0.15) is 0 Å². The van der Waals surface area contributed by atoms with Crippen molar-refractivity contribution in [1.29, 1.82) is 0 Å². The van der Waals surface area contributed by atoms with E-state index in [4.69, 9.17) is 10.5 Å². The van der Waals surface area contributed by atoms with Crippen molar-refractivity contribution in [1.82, 2.24) is 0 Å². The number of benzene rings is 2. The summed E-state index contributed by atoms with van der Waals surface area (Å²) >= 11 is 0. The van der Waals surface area contributed by atoms with E-state index in [9.17, 15) is 0 Å². The van der Waals surface area contributed by atoms with Crippen LogP contribution in [0.25, 0.3) is 11.1 Å². The number of rotatable bonds is 4. The van der Waals surface area contributed by atoms with E-state index in [1.807, 2.05) is 24.3 Å². The molecule has 0 unspecified atom stereocenters. The molecule has 0 amide bonds. The highest BCUT2D eigenvalue weighted by molar-refractivity contribution is 5.67. The van der Waals surface area contributed by atoms with Gasteiger partial charge in [-0.25, -0.2) is 0 Å². The Balaban J connectivity index is 2.26. The minimum atomic E-state index is 0.541. The van der Waals surface area contributed by atoms with Gasteiger partial charge < -0.3 is 10.5 Å². The van der Waals surface area contributed by atoms with E-state index >= 15 is 0 Å². The van der Waals surface area contributed by atoms with Crippen molar-refractivity contribution in [2.45, 2.75) is 6.92 Å². The summed E-state index contributed by atoms with van der Waals surface area (Å²) in [5, 5.41) is 0. The molecule has 2 rings (SSSR count). The monoisotopic (exact) mass is 227 g/mol. The Morgan fingerprint density at radius 2 is 1.82 bits per heavy atom. The molecule has 0 spiro atoms. The SMILES string of the molecule is Cc1cc(OCCN)ccc1-c1ccccc1. The number of hydrogen-bond acceptors (Lipinski definition) is 2. The Kier molecular flexibility index (Phi) is 3.78. The van der Waals surface area contributed by atoms with Crippen molar-refractivity contribution < 1.29 is 4.74 Å². The zero-order chi connectivity index (χ0) is 12.1. The molecule has 0 bridgehead atoms. The lowest BCUT2D eigenvalue weighted by molar-refractivity contribution is 0.328. The third-order valence-electron chi connectivity index (χ3n) is 2.67. The predicted molar refractivity (Wildman–Crippen MR) is 71.2 cm³/mol. The third kappa shape index (κ3) is 2.86. The van der Waals surface area contributed by atoms with Crippen LogP contribution >= 0.6 is 0 Å². The van der Waals surface area contributed by atoms with Gasteiger partial charge in [-0.1, -0.05) is 36.4 Å². The Bertz CT molecular complexity index is 480. The molecule has 88 valence electrons. The van der Waals surface area contributed by atoms with Gasteiger partial charge in [0.05, 0.1) is 0 Å². The normalized spacial score (nSPS) is 10.2. The summed E-state index contributed by atoms with van der Waals surface area (Å²) in [4.78, 5) is 0. The van der Waals surface area contributed by atoms with Crippen LogP contribution in [-0.4, -0.2) is 13.2 Å². The Labute approximate surface area is 102 Å². The fourth-order valence-electron chi connectivity index (χ4n) is 1.84. The van der Waals surface area contributed by atoms with Crippen LogP contribution in [0.5, 0.6) is 5.75 Å². The summed E-state index contributed by atoms with van der Waals surface area (Å²) in [6, 6.07) is 16.5. The zero-order valence-corrected chi connectivity index (χ0v) is 10.0. The van der Waals surface area contributed by atoms with Gasteiger partial charge in [0.1, 0.15) is 12.4 Å². The summed E-state index contributed by atoms with van der Waals surface area (Å²) in [6.45, 7) is 3.20. The first-order valence-electron chi connectivity index (χ1n) is 5.80. The fourth-order valence-corrected chi connectivity index (χ4v) is 1.84. The lowest BCUT2D eigenvalue weighted by atomic mass is 10.0. The maximum absolute atomic E-state index is 5.50. The molecule has 0 aromatic heterocycles. The first kappa shape index (κ1) is 11.7. The lowest BCUT2D eigenvalue weighted by Crippen LogP contribution is -2.10. The van der Waals surface area contributed by atoms with E-state index in [1.54, 1.807) is 0 Å². The predicted octanol–water partition coefficient (Wildman–Crippen LogP) is 3.00. The number of ether oxygens (including phenoxy) is 1. The molecule has 2 aromatic carbocycles. The summed E-state index contributed by atoms with van der Waals surface area (Å²) in [5.41, 5.74) is 9.10. The molecule has 2 heteroatoms. The fraction of sp³-hybridized carbons (Fsp3) is 0.200. The summed E-state index contributed by atoms with van der Waals surface area (Å²) in [6.07, 6.45) is 0. The second-order valence-corrected chi connectivity index (χ2v) is 3.98. The van der Waals surface area contributed by atoms with Crippen molar-refractivity contribution in [3.63, 3.8) is 0 Å². The van der Waals surface area contributed by atoms with E-state index < -0.39 is 0 Å².